The van der Waals surface area contributed by atoms with Crippen molar-refractivity contribution in [3.8, 4) is 5.75 Å². The Balaban J connectivity index is 2.00. The Labute approximate surface area is 110 Å². The van der Waals surface area contributed by atoms with Gasteiger partial charge in [-0.15, -0.1) is 11.3 Å². The third-order valence-electron chi connectivity index (χ3n) is 3.24. The van der Waals surface area contributed by atoms with Gasteiger partial charge in [-0.1, -0.05) is 0 Å². The molecule has 1 aromatic heterocycles. The van der Waals surface area contributed by atoms with Crippen molar-refractivity contribution in [2.24, 2.45) is 0 Å². The molecule has 1 aliphatic heterocycles. The van der Waals surface area contributed by atoms with Gasteiger partial charge in [0.15, 0.2) is 5.78 Å². The van der Waals surface area contributed by atoms with Gasteiger partial charge in [-0.3, -0.25) is 4.79 Å². The van der Waals surface area contributed by atoms with Gasteiger partial charge in [-0.2, -0.15) is 0 Å². The predicted octanol–water partition coefficient (Wildman–Crippen LogP) is 3.53. The van der Waals surface area contributed by atoms with E-state index in [1.54, 1.807) is 11.3 Å². The Bertz CT molecular complexity index is 625. The van der Waals surface area contributed by atoms with E-state index < -0.39 is 0 Å². The highest BCUT2D eigenvalue weighted by atomic mass is 32.1. The second-order valence-electron chi connectivity index (χ2n) is 4.58. The number of aryl methyl sites for hydroxylation is 2. The average molecular weight is 258 g/mol. The first kappa shape index (κ1) is 11.5. The third kappa shape index (κ3) is 1.85. The molecular weight excluding hydrogens is 244 g/mol. The molecule has 0 bridgehead atoms. The van der Waals surface area contributed by atoms with Crippen LogP contribution in [0, 0.1) is 13.8 Å². The minimum Gasteiger partial charge on any atom is -0.493 e. The van der Waals surface area contributed by atoms with E-state index in [4.69, 9.17) is 4.74 Å². The summed E-state index contributed by atoms with van der Waals surface area (Å²) in [5.74, 6) is 1.04. The smallest absolute Gasteiger partial charge is 0.194 e. The molecule has 3 heteroatoms. The van der Waals surface area contributed by atoms with Crippen molar-refractivity contribution in [2.45, 2.75) is 20.3 Å². The zero-order chi connectivity index (χ0) is 12.7. The normalized spacial score (nSPS) is 13.2. The summed E-state index contributed by atoms with van der Waals surface area (Å²) in [5.41, 5.74) is 2.74. The minimum atomic E-state index is 0.117. The second-order valence-corrected chi connectivity index (χ2v) is 6.04. The summed E-state index contributed by atoms with van der Waals surface area (Å²) in [6.45, 7) is 4.76. The number of hydrogen-bond donors (Lipinski definition) is 0. The summed E-state index contributed by atoms with van der Waals surface area (Å²) >= 11 is 1.67. The number of carbonyl (C=O) groups is 1. The zero-order valence-electron chi connectivity index (χ0n) is 10.4. The molecule has 0 saturated carbocycles. The maximum atomic E-state index is 12.4. The fourth-order valence-electron chi connectivity index (χ4n) is 2.34. The maximum Gasteiger partial charge on any atom is 0.194 e. The number of ether oxygens (including phenoxy) is 1. The Morgan fingerprint density at radius 1 is 1.28 bits per heavy atom. The van der Waals surface area contributed by atoms with E-state index in [9.17, 15) is 4.79 Å². The highest BCUT2D eigenvalue weighted by Gasteiger charge is 2.18. The molecule has 0 spiro atoms. The number of carbonyl (C=O) groups excluding carboxylic acids is 1. The minimum absolute atomic E-state index is 0.117. The van der Waals surface area contributed by atoms with Gasteiger partial charge in [-0.25, -0.2) is 0 Å². The summed E-state index contributed by atoms with van der Waals surface area (Å²) in [5, 5.41) is 0. The van der Waals surface area contributed by atoms with Gasteiger partial charge in [-0.05, 0) is 43.7 Å². The number of ketones is 1. The molecule has 0 aliphatic carbocycles. The van der Waals surface area contributed by atoms with Gasteiger partial charge in [0, 0.05) is 27.3 Å². The van der Waals surface area contributed by atoms with E-state index in [0.717, 1.165) is 40.3 Å². The first-order valence-corrected chi connectivity index (χ1v) is 6.84. The van der Waals surface area contributed by atoms with Crippen molar-refractivity contribution in [1.29, 1.82) is 0 Å². The molecule has 2 aromatic rings. The second kappa shape index (κ2) is 4.25. The van der Waals surface area contributed by atoms with Gasteiger partial charge in [0.2, 0.25) is 0 Å². The Morgan fingerprint density at radius 3 is 2.83 bits per heavy atom. The van der Waals surface area contributed by atoms with Crippen LogP contribution in [0.5, 0.6) is 5.75 Å². The predicted molar refractivity (Wildman–Crippen MR) is 72.9 cm³/mol. The third-order valence-corrected chi connectivity index (χ3v) is 4.20. The van der Waals surface area contributed by atoms with Crippen molar-refractivity contribution in [1.82, 2.24) is 0 Å². The van der Waals surface area contributed by atoms with E-state index in [-0.39, 0.29) is 5.78 Å². The summed E-state index contributed by atoms with van der Waals surface area (Å²) in [6.07, 6.45) is 0.901. The average Bonchev–Trinajstić information content (AvgIpc) is 2.93. The fourth-order valence-corrected chi connectivity index (χ4v) is 3.26. The molecule has 1 aromatic carbocycles. The Kier molecular flexibility index (Phi) is 2.71. The van der Waals surface area contributed by atoms with Crippen molar-refractivity contribution >= 4 is 17.1 Å². The largest absolute Gasteiger partial charge is 0.493 e. The van der Waals surface area contributed by atoms with Gasteiger partial charge in [0.1, 0.15) is 5.75 Å². The molecule has 0 fully saturated rings. The number of thiophene rings is 1. The van der Waals surface area contributed by atoms with E-state index >= 15 is 0 Å². The Hall–Kier alpha value is -1.61. The summed E-state index contributed by atoms with van der Waals surface area (Å²) in [7, 11) is 0. The number of hydrogen-bond acceptors (Lipinski definition) is 3. The molecule has 92 valence electrons. The molecule has 2 nitrogen and oxygen atoms in total. The molecule has 3 rings (SSSR count). The van der Waals surface area contributed by atoms with Crippen LogP contribution >= 0.6 is 11.3 Å². The lowest BCUT2D eigenvalue weighted by Crippen LogP contribution is -2.01. The molecule has 0 amide bonds. The lowest BCUT2D eigenvalue weighted by molar-refractivity contribution is 0.103. The number of benzene rings is 1. The Morgan fingerprint density at radius 2 is 2.11 bits per heavy atom. The van der Waals surface area contributed by atoms with Crippen LogP contribution < -0.4 is 4.74 Å². The van der Waals surface area contributed by atoms with Crippen molar-refractivity contribution < 1.29 is 9.53 Å². The first-order valence-electron chi connectivity index (χ1n) is 6.02. The summed E-state index contributed by atoms with van der Waals surface area (Å²) in [6, 6.07) is 7.71. The molecule has 0 atom stereocenters. The number of rotatable bonds is 2. The molecule has 0 unspecified atom stereocenters. The van der Waals surface area contributed by atoms with Crippen LogP contribution in [0.3, 0.4) is 0 Å². The molecule has 2 heterocycles. The standard InChI is InChI=1S/C15H14O2S/c1-9-7-13(10(2)18-9)15(16)12-3-4-14-11(8-12)5-6-17-14/h3-4,7-8H,5-6H2,1-2H3. The highest BCUT2D eigenvalue weighted by Crippen LogP contribution is 2.28. The van der Waals surface area contributed by atoms with Gasteiger partial charge in [0.25, 0.3) is 0 Å². The van der Waals surface area contributed by atoms with Crippen molar-refractivity contribution in [3.05, 3.63) is 50.7 Å². The molecule has 18 heavy (non-hydrogen) atoms. The first-order chi connectivity index (χ1) is 8.65. The lowest BCUT2D eigenvalue weighted by Gasteiger charge is -2.03. The SMILES string of the molecule is Cc1cc(C(=O)c2ccc3c(c2)CCO3)c(C)s1. The summed E-state index contributed by atoms with van der Waals surface area (Å²) in [4.78, 5) is 14.7. The topological polar surface area (TPSA) is 26.3 Å². The van der Waals surface area contributed by atoms with Gasteiger partial charge >= 0.3 is 0 Å². The van der Waals surface area contributed by atoms with E-state index in [1.165, 1.54) is 4.88 Å². The highest BCUT2D eigenvalue weighted by molar-refractivity contribution is 7.12. The van der Waals surface area contributed by atoms with Crippen molar-refractivity contribution in [3.63, 3.8) is 0 Å². The van der Waals surface area contributed by atoms with Crippen LogP contribution in [-0.4, -0.2) is 12.4 Å². The lowest BCUT2D eigenvalue weighted by atomic mass is 10.0. The van der Waals surface area contributed by atoms with Gasteiger partial charge < -0.3 is 4.74 Å². The maximum absolute atomic E-state index is 12.4. The van der Waals surface area contributed by atoms with E-state index in [1.807, 2.05) is 38.1 Å². The van der Waals surface area contributed by atoms with E-state index in [2.05, 4.69) is 0 Å². The van der Waals surface area contributed by atoms with Crippen LogP contribution in [0.15, 0.2) is 24.3 Å². The van der Waals surface area contributed by atoms with Crippen LogP contribution in [0.4, 0.5) is 0 Å². The van der Waals surface area contributed by atoms with Crippen LogP contribution in [-0.2, 0) is 6.42 Å². The van der Waals surface area contributed by atoms with E-state index in [0.29, 0.717) is 0 Å². The molecule has 1 aliphatic rings. The molecule has 0 radical (unpaired) electrons. The quantitative estimate of drug-likeness (QED) is 0.770. The number of fused-ring (bicyclic) bond motifs is 1. The molecule has 0 N–H and O–H groups in total. The summed E-state index contributed by atoms with van der Waals surface area (Å²) < 4.78 is 5.46. The monoisotopic (exact) mass is 258 g/mol. The van der Waals surface area contributed by atoms with Gasteiger partial charge in [0.05, 0.1) is 6.61 Å². The van der Waals surface area contributed by atoms with Crippen LogP contribution in [0.1, 0.15) is 31.2 Å². The zero-order valence-corrected chi connectivity index (χ0v) is 11.3. The van der Waals surface area contributed by atoms with Crippen LogP contribution in [0.25, 0.3) is 0 Å². The van der Waals surface area contributed by atoms with Crippen LogP contribution in [0.2, 0.25) is 0 Å². The van der Waals surface area contributed by atoms with Crippen molar-refractivity contribution in [2.75, 3.05) is 6.61 Å². The molecule has 0 saturated heterocycles. The molecular formula is C15H14O2S. The fraction of sp³-hybridized carbons (Fsp3) is 0.267.